The Labute approximate surface area is 54.8 Å². The van der Waals surface area contributed by atoms with E-state index in [0.717, 1.165) is 6.66 Å². The van der Waals surface area contributed by atoms with Gasteiger partial charge in [-0.15, -0.1) is 24.8 Å². The molecule has 0 saturated carbocycles. The van der Waals surface area contributed by atoms with Gasteiger partial charge in [-0.2, -0.15) is 0 Å². The van der Waals surface area contributed by atoms with Crippen LogP contribution in [0.25, 0.3) is 0 Å². The van der Waals surface area contributed by atoms with Gasteiger partial charge in [0.05, 0.1) is 0 Å². The third-order valence-corrected chi connectivity index (χ3v) is 0. The van der Waals surface area contributed by atoms with Gasteiger partial charge in [-0.05, 0) is 0 Å². The van der Waals surface area contributed by atoms with E-state index in [4.69, 9.17) is 14.7 Å². The zero-order valence-electron chi connectivity index (χ0n) is 3.66. The third kappa shape index (κ3) is 208. The monoisotopic (exact) mass is 170 g/mol. The van der Waals surface area contributed by atoms with Crippen LogP contribution < -0.4 is 0 Å². The Bertz CT molecular complexity index is 28.4. The maximum Gasteiger partial charge on any atom is -0.147 e. The maximum atomic E-state index is 7.77. The zero-order valence-corrected chi connectivity index (χ0v) is 6.29. The molecule has 0 bridgehead atoms. The first-order chi connectivity index (χ1) is 2.00. The van der Waals surface area contributed by atoms with Gasteiger partial charge in [-0.25, -0.2) is 0 Å². The van der Waals surface area contributed by atoms with E-state index in [1.165, 1.54) is 0 Å². The van der Waals surface area contributed by atoms with Gasteiger partial charge in [0.25, 0.3) is 0 Å². The van der Waals surface area contributed by atoms with Crippen LogP contribution in [0.15, 0.2) is 0 Å². The molecule has 0 atom stereocenters. The molecule has 0 aromatic carbocycles. The largest absolute Gasteiger partial charge is 0.147 e. The third-order valence-electron chi connectivity index (χ3n) is 0. The fourth-order valence-corrected chi connectivity index (χ4v) is 0. The summed E-state index contributed by atoms with van der Waals surface area (Å²) in [5, 5.41) is 0. The molecule has 3 N–H and O–H groups in total. The second-order valence-corrected chi connectivity index (χ2v) is 2.91. The molecule has 0 spiro atoms. The van der Waals surface area contributed by atoms with Gasteiger partial charge < -0.3 is 0 Å². The molecule has 0 amide bonds. The minimum Gasteiger partial charge on any atom is -0.147 e. The molecule has 6 heteroatoms. The summed E-state index contributed by atoms with van der Waals surface area (Å²) in [7, 11) is -3.61. The van der Waals surface area contributed by atoms with Crippen LogP contribution in [0.1, 0.15) is 0 Å². The van der Waals surface area contributed by atoms with Crippen molar-refractivity contribution in [2.45, 2.75) is 0 Å². The molecule has 0 aliphatic carbocycles. The van der Waals surface area contributed by atoms with E-state index < -0.39 is 7.94 Å². The fraction of sp³-hybridized carbons (Fsp3) is 1.00. The zero-order chi connectivity index (χ0) is 4.50. The second kappa shape index (κ2) is 5.04. The molecule has 0 unspecified atom stereocenters. The standard InChI is InChI=1S/CH7O3P.2ClH/c1-5(2,3)4;;/h2-5H,1H3;2*1H. The molecule has 50 valence electrons. The first-order valence-corrected chi connectivity index (χ1v) is 3.51. The van der Waals surface area contributed by atoms with E-state index in [-0.39, 0.29) is 24.8 Å². The van der Waals surface area contributed by atoms with E-state index in [1.807, 2.05) is 0 Å². The molecule has 0 aromatic heterocycles. The van der Waals surface area contributed by atoms with Crippen molar-refractivity contribution in [2.24, 2.45) is 0 Å². The van der Waals surface area contributed by atoms with E-state index in [0.29, 0.717) is 0 Å². The van der Waals surface area contributed by atoms with Crippen molar-refractivity contribution in [3.63, 3.8) is 0 Å². The Hall–Kier alpha value is 0.890. The van der Waals surface area contributed by atoms with Crippen molar-refractivity contribution in [1.29, 1.82) is 0 Å². The van der Waals surface area contributed by atoms with E-state index >= 15 is 0 Å². The van der Waals surface area contributed by atoms with Crippen LogP contribution in [0.4, 0.5) is 0 Å². The molecule has 0 aliphatic heterocycles. The van der Waals surface area contributed by atoms with Gasteiger partial charge in [0.15, 0.2) is 0 Å². The average molecular weight is 171 g/mol. The number of halogens is 2. The average Bonchev–Trinajstić information content (AvgIpc) is 0.722. The molecule has 0 aromatic rings. The number of hydrogen-bond acceptors (Lipinski definition) is 3. The molecule has 0 rings (SSSR count). The molecule has 0 fully saturated rings. The quantitative estimate of drug-likeness (QED) is 0.447. The topological polar surface area (TPSA) is 60.7 Å². The van der Waals surface area contributed by atoms with E-state index in [1.54, 1.807) is 0 Å². The molecule has 7 heavy (non-hydrogen) atoms. The summed E-state index contributed by atoms with van der Waals surface area (Å²) in [6.45, 7) is 0.993. The molecule has 0 aliphatic rings. The van der Waals surface area contributed by atoms with Crippen LogP contribution in [-0.4, -0.2) is 21.3 Å². The summed E-state index contributed by atoms with van der Waals surface area (Å²) in [5.74, 6) is 0. The van der Waals surface area contributed by atoms with Crippen LogP contribution in [0.5, 0.6) is 0 Å². The molecule has 3 nitrogen and oxygen atoms in total. The Morgan fingerprint density at radius 1 is 1.00 bits per heavy atom. The summed E-state index contributed by atoms with van der Waals surface area (Å²) in [5.41, 5.74) is 0. The minimum absolute atomic E-state index is 0. The van der Waals surface area contributed by atoms with Crippen molar-refractivity contribution < 1.29 is 14.7 Å². The van der Waals surface area contributed by atoms with Gasteiger partial charge in [0, 0.05) is 0 Å². The summed E-state index contributed by atoms with van der Waals surface area (Å²) in [4.78, 5) is 23.3. The molecular formula is CH9Cl2O3P. The Morgan fingerprint density at radius 2 is 1.00 bits per heavy atom. The van der Waals surface area contributed by atoms with Crippen LogP contribution in [0.3, 0.4) is 0 Å². The first kappa shape index (κ1) is 15.7. The second-order valence-electron chi connectivity index (χ2n) is 0.971. The molecule has 0 radical (unpaired) electrons. The van der Waals surface area contributed by atoms with Crippen molar-refractivity contribution in [3.05, 3.63) is 0 Å². The van der Waals surface area contributed by atoms with Crippen molar-refractivity contribution >= 4 is 32.8 Å². The van der Waals surface area contributed by atoms with Gasteiger partial charge in [-0.3, -0.25) is 0 Å². The summed E-state index contributed by atoms with van der Waals surface area (Å²) < 4.78 is 0. The van der Waals surface area contributed by atoms with E-state index in [2.05, 4.69) is 0 Å². The van der Waals surface area contributed by atoms with Gasteiger partial charge in [0.1, 0.15) is 0 Å². The number of hydrogen-bond donors (Lipinski definition) is 3. The van der Waals surface area contributed by atoms with E-state index in [9.17, 15) is 0 Å². The smallest absolute Gasteiger partial charge is 0.147 e. The Balaban J connectivity index is -0.0000000800. The molecule has 0 heterocycles. The minimum atomic E-state index is -3.61. The number of rotatable bonds is 0. The Morgan fingerprint density at radius 3 is 1.00 bits per heavy atom. The first-order valence-electron chi connectivity index (χ1n) is 1.17. The Kier molecular flexibility index (Phi) is 11.3. The SMILES string of the molecule is C[PH](O)(O)O.Cl.Cl. The van der Waals surface area contributed by atoms with Gasteiger partial charge in [-0.1, -0.05) is 0 Å². The van der Waals surface area contributed by atoms with Crippen LogP contribution in [0, 0.1) is 0 Å². The molecular weight excluding hydrogens is 162 g/mol. The van der Waals surface area contributed by atoms with Crippen molar-refractivity contribution in [1.82, 2.24) is 0 Å². The summed E-state index contributed by atoms with van der Waals surface area (Å²) >= 11 is 0. The molecule has 0 saturated heterocycles. The predicted molar refractivity (Wildman–Crippen MR) is 35.4 cm³/mol. The van der Waals surface area contributed by atoms with Gasteiger partial charge in [0.2, 0.25) is 0 Å². The van der Waals surface area contributed by atoms with Crippen LogP contribution >= 0.6 is 32.8 Å². The normalized spacial score (nSPS) is 10.9. The van der Waals surface area contributed by atoms with Crippen molar-refractivity contribution in [2.75, 3.05) is 6.66 Å². The maximum absolute atomic E-state index is 7.77. The summed E-state index contributed by atoms with van der Waals surface area (Å²) in [6.07, 6.45) is 0. The van der Waals surface area contributed by atoms with Crippen LogP contribution in [0.2, 0.25) is 0 Å². The van der Waals surface area contributed by atoms with Gasteiger partial charge >= 0.3 is 29.3 Å². The van der Waals surface area contributed by atoms with Crippen LogP contribution in [-0.2, 0) is 0 Å². The van der Waals surface area contributed by atoms with Crippen molar-refractivity contribution in [3.8, 4) is 0 Å². The fourth-order valence-electron chi connectivity index (χ4n) is 0. The summed E-state index contributed by atoms with van der Waals surface area (Å²) in [6, 6.07) is 0. The predicted octanol–water partition coefficient (Wildman–Crippen LogP) is -0.0684.